The molecule has 2 rings (SSSR count). The van der Waals surface area contributed by atoms with Crippen LogP contribution in [-0.2, 0) is 10.9 Å². The molecule has 0 bridgehead atoms. The van der Waals surface area contributed by atoms with Gasteiger partial charge in [-0.25, -0.2) is 14.5 Å². The molecule has 0 aliphatic heterocycles. The minimum atomic E-state index is -4.52. The number of carbonyl (C=O) groups excluding carboxylic acids is 1. The lowest BCUT2D eigenvalue weighted by Gasteiger charge is -2.06. The lowest BCUT2D eigenvalue weighted by molar-refractivity contribution is -0.141. The molecule has 2 aromatic rings. The normalized spacial score (nSPS) is 11.4. The number of rotatable bonds is 3. The first kappa shape index (κ1) is 14.8. The van der Waals surface area contributed by atoms with Gasteiger partial charge in [0.15, 0.2) is 5.82 Å². The number of hydrogen-bond acceptors (Lipinski definition) is 5. The number of hydrogen-bond donors (Lipinski definition) is 1. The van der Waals surface area contributed by atoms with Gasteiger partial charge in [0, 0.05) is 6.20 Å². The van der Waals surface area contributed by atoms with Gasteiger partial charge in [-0.05, 0) is 19.1 Å². The molecular weight excluding hydrogens is 289 g/mol. The van der Waals surface area contributed by atoms with E-state index in [0.29, 0.717) is 0 Å². The van der Waals surface area contributed by atoms with Crippen molar-refractivity contribution in [3.05, 3.63) is 35.8 Å². The van der Waals surface area contributed by atoms with Gasteiger partial charge in [-0.1, -0.05) is 0 Å². The van der Waals surface area contributed by atoms with Crippen molar-refractivity contribution in [1.82, 2.24) is 14.8 Å². The van der Waals surface area contributed by atoms with Gasteiger partial charge in [-0.2, -0.15) is 13.2 Å². The van der Waals surface area contributed by atoms with Crippen LogP contribution >= 0.6 is 0 Å². The predicted molar refractivity (Wildman–Crippen MR) is 66.7 cm³/mol. The minimum absolute atomic E-state index is 0.0387. The molecule has 0 spiro atoms. The molecule has 0 atom stereocenters. The highest BCUT2D eigenvalue weighted by Gasteiger charge is 2.32. The summed E-state index contributed by atoms with van der Waals surface area (Å²) in [5, 5.41) is 3.85. The van der Waals surface area contributed by atoms with Crippen molar-refractivity contribution < 1.29 is 22.7 Å². The van der Waals surface area contributed by atoms with Crippen LogP contribution < -0.4 is 5.73 Å². The Morgan fingerprint density at radius 2 is 2.14 bits per heavy atom. The Balaban J connectivity index is 2.31. The van der Waals surface area contributed by atoms with Crippen LogP contribution in [0.1, 0.15) is 23.0 Å². The molecule has 2 aromatic heterocycles. The quantitative estimate of drug-likeness (QED) is 0.877. The van der Waals surface area contributed by atoms with E-state index in [2.05, 4.69) is 10.1 Å². The summed E-state index contributed by atoms with van der Waals surface area (Å²) in [6, 6.07) is 1.99. The van der Waals surface area contributed by atoms with E-state index >= 15 is 0 Å². The van der Waals surface area contributed by atoms with Crippen LogP contribution in [0.25, 0.3) is 5.69 Å². The van der Waals surface area contributed by atoms with E-state index in [1.54, 1.807) is 6.92 Å². The fraction of sp³-hybridized carbons (Fsp3) is 0.250. The van der Waals surface area contributed by atoms with E-state index in [1.807, 2.05) is 0 Å². The summed E-state index contributed by atoms with van der Waals surface area (Å²) in [6.07, 6.45) is -2.25. The molecule has 0 radical (unpaired) electrons. The van der Waals surface area contributed by atoms with Crippen LogP contribution in [0.4, 0.5) is 19.0 Å². The standard InChI is InChI=1S/C12H11F3N4O2/c1-2-21-11(20)8-6-19(18-10(8)16)7-3-4-9(17-5-7)12(13,14)15/h3-6H,2H2,1H3,(H2,16,18). The van der Waals surface area contributed by atoms with E-state index in [0.717, 1.165) is 16.9 Å². The van der Waals surface area contributed by atoms with Crippen LogP contribution in [0.15, 0.2) is 24.5 Å². The summed E-state index contributed by atoms with van der Waals surface area (Å²) in [4.78, 5) is 14.9. The minimum Gasteiger partial charge on any atom is -0.462 e. The molecule has 0 aromatic carbocycles. The number of esters is 1. The second-order valence-electron chi connectivity index (χ2n) is 3.99. The zero-order chi connectivity index (χ0) is 15.6. The fourth-order valence-electron chi connectivity index (χ4n) is 1.57. The molecular formula is C12H11F3N4O2. The van der Waals surface area contributed by atoms with Crippen LogP contribution in [-0.4, -0.2) is 27.3 Å². The van der Waals surface area contributed by atoms with Crippen molar-refractivity contribution in [3.8, 4) is 5.69 Å². The molecule has 0 unspecified atom stereocenters. The molecule has 112 valence electrons. The van der Waals surface area contributed by atoms with E-state index in [4.69, 9.17) is 10.5 Å². The van der Waals surface area contributed by atoms with E-state index in [1.165, 1.54) is 12.3 Å². The molecule has 0 saturated heterocycles. The van der Waals surface area contributed by atoms with Crippen molar-refractivity contribution >= 4 is 11.8 Å². The molecule has 2 heterocycles. The van der Waals surface area contributed by atoms with Gasteiger partial charge < -0.3 is 10.5 Å². The first-order chi connectivity index (χ1) is 9.82. The van der Waals surface area contributed by atoms with Crippen LogP contribution in [0.2, 0.25) is 0 Å². The van der Waals surface area contributed by atoms with Crippen LogP contribution in [0.5, 0.6) is 0 Å². The average Bonchev–Trinajstić information content (AvgIpc) is 2.80. The predicted octanol–water partition coefficient (Wildman–Crippen LogP) is 2.04. The largest absolute Gasteiger partial charge is 0.462 e. The second kappa shape index (κ2) is 5.43. The number of anilines is 1. The van der Waals surface area contributed by atoms with Gasteiger partial charge >= 0.3 is 12.1 Å². The summed E-state index contributed by atoms with van der Waals surface area (Å²) in [5.74, 6) is -0.727. The molecule has 2 N–H and O–H groups in total. The Bertz CT molecular complexity index is 650. The number of nitrogen functional groups attached to an aromatic ring is 1. The van der Waals surface area contributed by atoms with Crippen molar-refractivity contribution in [1.29, 1.82) is 0 Å². The fourth-order valence-corrected chi connectivity index (χ4v) is 1.57. The maximum absolute atomic E-state index is 12.4. The van der Waals surface area contributed by atoms with Crippen LogP contribution in [0, 0.1) is 0 Å². The second-order valence-corrected chi connectivity index (χ2v) is 3.99. The molecule has 0 aliphatic rings. The molecule has 9 heteroatoms. The monoisotopic (exact) mass is 300 g/mol. The van der Waals surface area contributed by atoms with Crippen molar-refractivity contribution in [2.45, 2.75) is 13.1 Å². The Morgan fingerprint density at radius 1 is 1.43 bits per heavy atom. The number of ether oxygens (including phenoxy) is 1. The van der Waals surface area contributed by atoms with E-state index in [9.17, 15) is 18.0 Å². The topological polar surface area (TPSA) is 83.0 Å². The van der Waals surface area contributed by atoms with Gasteiger partial charge in [-0.3, -0.25) is 0 Å². The van der Waals surface area contributed by atoms with Gasteiger partial charge in [0.1, 0.15) is 11.3 Å². The van der Waals surface area contributed by atoms with Gasteiger partial charge in [0.25, 0.3) is 0 Å². The molecule has 6 nitrogen and oxygen atoms in total. The summed E-state index contributed by atoms with van der Waals surface area (Å²) < 4.78 is 43.2. The van der Waals surface area contributed by atoms with Gasteiger partial charge in [0.2, 0.25) is 0 Å². The number of alkyl halides is 3. The van der Waals surface area contributed by atoms with E-state index in [-0.39, 0.29) is 23.7 Å². The summed E-state index contributed by atoms with van der Waals surface area (Å²) >= 11 is 0. The third kappa shape index (κ3) is 3.12. The molecule has 0 aliphatic carbocycles. The molecule has 0 amide bonds. The zero-order valence-electron chi connectivity index (χ0n) is 10.9. The Morgan fingerprint density at radius 3 is 2.67 bits per heavy atom. The van der Waals surface area contributed by atoms with E-state index < -0.39 is 17.8 Å². The summed E-state index contributed by atoms with van der Waals surface area (Å²) in [6.45, 7) is 1.81. The van der Waals surface area contributed by atoms with Crippen molar-refractivity contribution in [2.24, 2.45) is 0 Å². The van der Waals surface area contributed by atoms with Gasteiger partial charge in [-0.15, -0.1) is 5.10 Å². The number of carbonyl (C=O) groups is 1. The maximum Gasteiger partial charge on any atom is 0.433 e. The average molecular weight is 300 g/mol. The highest BCUT2D eigenvalue weighted by Crippen LogP contribution is 2.27. The third-order valence-electron chi connectivity index (χ3n) is 2.54. The number of nitrogens with zero attached hydrogens (tertiary/aromatic N) is 3. The Kier molecular flexibility index (Phi) is 3.83. The van der Waals surface area contributed by atoms with Crippen molar-refractivity contribution in [3.63, 3.8) is 0 Å². The molecule has 0 saturated carbocycles. The number of pyridine rings is 1. The third-order valence-corrected chi connectivity index (χ3v) is 2.54. The summed E-state index contributed by atoms with van der Waals surface area (Å²) in [5.41, 5.74) is 4.84. The SMILES string of the molecule is CCOC(=O)c1cn(-c2ccc(C(F)(F)F)nc2)nc1N. The zero-order valence-corrected chi connectivity index (χ0v) is 10.9. The van der Waals surface area contributed by atoms with Gasteiger partial charge in [0.05, 0.1) is 18.5 Å². The first-order valence-corrected chi connectivity index (χ1v) is 5.88. The number of nitrogens with two attached hydrogens (primary N) is 1. The number of aromatic nitrogens is 3. The van der Waals surface area contributed by atoms with Crippen molar-refractivity contribution in [2.75, 3.05) is 12.3 Å². The smallest absolute Gasteiger partial charge is 0.433 e. The lowest BCUT2D eigenvalue weighted by atomic mass is 10.3. The lowest BCUT2D eigenvalue weighted by Crippen LogP contribution is -2.08. The first-order valence-electron chi connectivity index (χ1n) is 5.88. The highest BCUT2D eigenvalue weighted by atomic mass is 19.4. The molecule has 0 fully saturated rings. The maximum atomic E-state index is 12.4. The molecule has 21 heavy (non-hydrogen) atoms. The Hall–Kier alpha value is -2.58. The van der Waals surface area contributed by atoms with Crippen LogP contribution in [0.3, 0.4) is 0 Å². The highest BCUT2D eigenvalue weighted by molar-refractivity contribution is 5.94. The summed E-state index contributed by atoms with van der Waals surface area (Å²) in [7, 11) is 0. The number of halogens is 3. The Labute approximate surface area is 117 Å².